The Morgan fingerprint density at radius 1 is 1.47 bits per heavy atom. The molecule has 0 saturated heterocycles. The summed E-state index contributed by atoms with van der Waals surface area (Å²) in [7, 11) is -1.59. The highest BCUT2D eigenvalue weighted by molar-refractivity contribution is 7.92. The molecule has 0 fully saturated rings. The summed E-state index contributed by atoms with van der Waals surface area (Å²) in [5, 5.41) is 4.11. The number of anilines is 1. The summed E-state index contributed by atoms with van der Waals surface area (Å²) in [5.74, 6) is -0.0178. The maximum atomic E-state index is 11.5. The summed E-state index contributed by atoms with van der Waals surface area (Å²) in [4.78, 5) is 0. The van der Waals surface area contributed by atoms with Gasteiger partial charge in [-0.25, -0.2) is 8.42 Å². The molecule has 5 nitrogen and oxygen atoms in total. The summed E-state index contributed by atoms with van der Waals surface area (Å²) in [6.45, 7) is 3.56. The van der Waals surface area contributed by atoms with Gasteiger partial charge in [0.05, 0.1) is 22.8 Å². The fourth-order valence-corrected chi connectivity index (χ4v) is 2.75. The van der Waals surface area contributed by atoms with Gasteiger partial charge in [-0.3, -0.25) is 9.40 Å². The molecule has 0 saturated carbocycles. The van der Waals surface area contributed by atoms with Gasteiger partial charge < -0.3 is 0 Å². The van der Waals surface area contributed by atoms with E-state index in [0.717, 1.165) is 5.69 Å². The molecular weight excluding hydrogens is 238 g/mol. The molecule has 0 unspecified atom stereocenters. The van der Waals surface area contributed by atoms with Gasteiger partial charge in [0.1, 0.15) is 0 Å². The molecule has 0 radical (unpaired) electrons. The number of hydrogen-bond acceptors (Lipinski definition) is 3. The van der Waals surface area contributed by atoms with Gasteiger partial charge in [-0.05, 0) is 13.8 Å². The topological polar surface area (TPSA) is 64.0 Å². The van der Waals surface area contributed by atoms with Crippen LogP contribution in [0.2, 0.25) is 0 Å². The normalized spacial score (nSPS) is 11.7. The Kier molecular flexibility index (Phi) is 3.62. The molecule has 0 spiro atoms. The molecule has 15 heavy (non-hydrogen) atoms. The van der Waals surface area contributed by atoms with Crippen molar-refractivity contribution in [1.29, 1.82) is 0 Å². The Labute approximate surface area is 94.5 Å². The lowest BCUT2D eigenvalue weighted by atomic mass is 10.3. The van der Waals surface area contributed by atoms with Crippen molar-refractivity contribution < 1.29 is 8.42 Å². The molecule has 1 aromatic rings. The molecule has 0 aliphatic carbocycles. The second kappa shape index (κ2) is 4.40. The van der Waals surface area contributed by atoms with Gasteiger partial charge in [0, 0.05) is 12.9 Å². The van der Waals surface area contributed by atoms with E-state index in [4.69, 9.17) is 11.6 Å². The first-order valence-electron chi connectivity index (χ1n) is 4.44. The minimum absolute atomic E-state index is 0.0771. The fraction of sp³-hybridized carbons (Fsp3) is 0.625. The smallest absolute Gasteiger partial charge is 0.234 e. The predicted octanol–water partition coefficient (Wildman–Crippen LogP) is 1.02. The van der Waals surface area contributed by atoms with E-state index < -0.39 is 10.0 Å². The third-order valence-electron chi connectivity index (χ3n) is 2.11. The molecule has 0 aliphatic rings. The molecule has 7 heteroatoms. The summed E-state index contributed by atoms with van der Waals surface area (Å²) >= 11 is 5.40. The van der Waals surface area contributed by atoms with Crippen molar-refractivity contribution in [2.24, 2.45) is 7.05 Å². The number of nitrogens with one attached hydrogen (secondary N) is 1. The van der Waals surface area contributed by atoms with Crippen LogP contribution < -0.4 is 4.72 Å². The lowest BCUT2D eigenvalue weighted by molar-refractivity contribution is 0.602. The van der Waals surface area contributed by atoms with E-state index in [0.29, 0.717) is 11.4 Å². The Balaban J connectivity index is 2.99. The van der Waals surface area contributed by atoms with Gasteiger partial charge in [0.2, 0.25) is 10.0 Å². The number of aromatic nitrogens is 2. The summed E-state index contributed by atoms with van der Waals surface area (Å²) < 4.78 is 27.1. The first-order chi connectivity index (χ1) is 6.87. The van der Waals surface area contributed by atoms with Gasteiger partial charge in [-0.2, -0.15) is 5.10 Å². The highest BCUT2D eigenvalue weighted by Gasteiger charge is 2.16. The molecular formula is C8H14ClN3O2S. The predicted molar refractivity (Wildman–Crippen MR) is 60.8 cm³/mol. The van der Waals surface area contributed by atoms with Crippen molar-refractivity contribution in [3.05, 3.63) is 11.4 Å². The average Bonchev–Trinajstić information content (AvgIpc) is 2.32. The summed E-state index contributed by atoms with van der Waals surface area (Å²) in [6, 6.07) is 0. The van der Waals surface area contributed by atoms with Crippen LogP contribution in [0, 0.1) is 13.8 Å². The number of sulfonamides is 1. The van der Waals surface area contributed by atoms with Crippen molar-refractivity contribution in [2.45, 2.75) is 13.8 Å². The number of aryl methyl sites for hydroxylation is 2. The first-order valence-corrected chi connectivity index (χ1v) is 6.62. The third-order valence-corrected chi connectivity index (χ3v) is 3.78. The fourth-order valence-electron chi connectivity index (χ4n) is 1.23. The zero-order valence-corrected chi connectivity index (χ0v) is 10.5. The van der Waals surface area contributed by atoms with Crippen LogP contribution in [0.4, 0.5) is 5.69 Å². The van der Waals surface area contributed by atoms with Crippen molar-refractivity contribution in [2.75, 3.05) is 16.4 Å². The van der Waals surface area contributed by atoms with Crippen molar-refractivity contribution in [3.63, 3.8) is 0 Å². The highest BCUT2D eigenvalue weighted by Crippen LogP contribution is 2.19. The van der Waals surface area contributed by atoms with E-state index in [1.807, 2.05) is 0 Å². The van der Waals surface area contributed by atoms with E-state index in [9.17, 15) is 8.42 Å². The minimum atomic E-state index is -3.35. The van der Waals surface area contributed by atoms with Gasteiger partial charge in [-0.1, -0.05) is 0 Å². The Morgan fingerprint density at radius 3 is 2.47 bits per heavy atom. The largest absolute Gasteiger partial charge is 0.280 e. The number of rotatable bonds is 4. The third kappa shape index (κ3) is 2.85. The molecule has 1 rings (SSSR count). The second-order valence-corrected chi connectivity index (χ2v) is 5.50. The number of hydrogen-bond donors (Lipinski definition) is 1. The molecule has 0 aliphatic heterocycles. The van der Waals surface area contributed by atoms with Crippen LogP contribution in [0.1, 0.15) is 11.4 Å². The van der Waals surface area contributed by atoms with Gasteiger partial charge in [0.15, 0.2) is 0 Å². The Bertz CT molecular complexity index is 453. The second-order valence-electron chi connectivity index (χ2n) is 3.28. The van der Waals surface area contributed by atoms with Crippen LogP contribution in [0.15, 0.2) is 0 Å². The van der Waals surface area contributed by atoms with Gasteiger partial charge in [-0.15, -0.1) is 11.6 Å². The molecule has 0 amide bonds. The lowest BCUT2D eigenvalue weighted by Gasteiger charge is -2.06. The summed E-state index contributed by atoms with van der Waals surface area (Å²) in [6.07, 6.45) is 0. The van der Waals surface area contributed by atoms with Crippen LogP contribution in [-0.2, 0) is 17.1 Å². The van der Waals surface area contributed by atoms with Crippen LogP contribution >= 0.6 is 11.6 Å². The maximum absolute atomic E-state index is 11.5. The lowest BCUT2D eigenvalue weighted by Crippen LogP contribution is -2.18. The van der Waals surface area contributed by atoms with Crippen LogP contribution in [0.3, 0.4) is 0 Å². The highest BCUT2D eigenvalue weighted by atomic mass is 35.5. The minimum Gasteiger partial charge on any atom is -0.280 e. The zero-order valence-electron chi connectivity index (χ0n) is 8.91. The van der Waals surface area contributed by atoms with E-state index >= 15 is 0 Å². The van der Waals surface area contributed by atoms with Crippen LogP contribution in [0.5, 0.6) is 0 Å². The maximum Gasteiger partial charge on any atom is 0.234 e. The SMILES string of the molecule is Cc1nn(C)c(C)c1NS(=O)(=O)CCCl. The average molecular weight is 252 g/mol. The van der Waals surface area contributed by atoms with Gasteiger partial charge >= 0.3 is 0 Å². The number of nitrogens with zero attached hydrogens (tertiary/aromatic N) is 2. The van der Waals surface area contributed by atoms with E-state index in [1.54, 1.807) is 25.6 Å². The van der Waals surface area contributed by atoms with E-state index in [2.05, 4.69) is 9.82 Å². The monoisotopic (exact) mass is 251 g/mol. The quantitative estimate of drug-likeness (QED) is 0.813. The molecule has 0 aromatic carbocycles. The molecule has 0 atom stereocenters. The number of alkyl halides is 1. The standard InChI is InChI=1S/C8H14ClN3O2S/c1-6-8(7(2)12(3)10-6)11-15(13,14)5-4-9/h11H,4-5H2,1-3H3. The molecule has 1 aromatic heterocycles. The summed E-state index contributed by atoms with van der Waals surface area (Å²) in [5.41, 5.74) is 1.99. The Hall–Kier alpha value is -0.750. The van der Waals surface area contributed by atoms with Crippen LogP contribution in [0.25, 0.3) is 0 Å². The first kappa shape index (κ1) is 12.3. The molecule has 86 valence electrons. The van der Waals surface area contributed by atoms with E-state index in [-0.39, 0.29) is 11.6 Å². The van der Waals surface area contributed by atoms with Crippen molar-refractivity contribution in [3.8, 4) is 0 Å². The van der Waals surface area contributed by atoms with E-state index in [1.165, 1.54) is 0 Å². The van der Waals surface area contributed by atoms with Crippen molar-refractivity contribution in [1.82, 2.24) is 9.78 Å². The van der Waals surface area contributed by atoms with Crippen LogP contribution in [-0.4, -0.2) is 29.8 Å². The Morgan fingerprint density at radius 2 is 2.07 bits per heavy atom. The van der Waals surface area contributed by atoms with Crippen molar-refractivity contribution >= 4 is 27.3 Å². The molecule has 1 N–H and O–H groups in total. The zero-order chi connectivity index (χ0) is 11.6. The molecule has 0 bridgehead atoms. The van der Waals surface area contributed by atoms with Gasteiger partial charge in [0.25, 0.3) is 0 Å². The molecule has 1 heterocycles. The number of halogens is 1.